The Hall–Kier alpha value is -2.65. The van der Waals surface area contributed by atoms with Crippen LogP contribution in [0.3, 0.4) is 0 Å². The summed E-state index contributed by atoms with van der Waals surface area (Å²) in [7, 11) is 0. The van der Waals surface area contributed by atoms with Crippen LogP contribution in [0.5, 0.6) is 0 Å². The Kier molecular flexibility index (Phi) is 7.96. The minimum Gasteiger partial charge on any atom is -0.462 e. The molecule has 1 saturated heterocycles. The molecule has 1 N–H and O–H groups in total. The monoisotopic (exact) mass is 514 g/mol. The van der Waals surface area contributed by atoms with Crippen LogP contribution in [0.4, 0.5) is 10.7 Å². The normalized spacial score (nSPS) is 19.6. The highest BCUT2D eigenvalue weighted by atomic mass is 32.2. The number of hydrogen-bond acceptors (Lipinski definition) is 7. The van der Waals surface area contributed by atoms with E-state index >= 15 is 0 Å². The number of amides is 3. The zero-order chi connectivity index (χ0) is 25.1. The summed E-state index contributed by atoms with van der Waals surface area (Å²) >= 11 is 2.70. The third kappa shape index (κ3) is 5.46. The molecule has 35 heavy (non-hydrogen) atoms. The first-order valence-corrected chi connectivity index (χ1v) is 13.8. The molecule has 1 fully saturated rings. The van der Waals surface area contributed by atoms with Crippen LogP contribution < -0.4 is 10.2 Å². The molecule has 0 bridgehead atoms. The summed E-state index contributed by atoms with van der Waals surface area (Å²) in [5.74, 6) is -0.616. The molecule has 2 atom stereocenters. The lowest BCUT2D eigenvalue weighted by Gasteiger charge is -2.18. The zero-order valence-corrected chi connectivity index (χ0v) is 21.9. The van der Waals surface area contributed by atoms with Gasteiger partial charge in [-0.2, -0.15) is 0 Å². The lowest BCUT2D eigenvalue weighted by atomic mass is 9.88. The largest absolute Gasteiger partial charge is 0.462 e. The van der Waals surface area contributed by atoms with Crippen molar-refractivity contribution in [1.82, 2.24) is 0 Å². The van der Waals surface area contributed by atoms with Crippen molar-refractivity contribution >= 4 is 57.5 Å². The fourth-order valence-corrected chi connectivity index (χ4v) is 7.02. The Morgan fingerprint density at radius 3 is 2.60 bits per heavy atom. The number of nitrogens with zero attached hydrogens (tertiary/aromatic N) is 1. The summed E-state index contributed by atoms with van der Waals surface area (Å²) in [6.07, 6.45) is 3.85. The van der Waals surface area contributed by atoms with Gasteiger partial charge in [-0.15, -0.1) is 23.1 Å². The number of hydrogen-bond donors (Lipinski definition) is 1. The number of ether oxygens (including phenoxy) is 1. The third-order valence-corrected chi connectivity index (χ3v) is 8.61. The van der Waals surface area contributed by atoms with Crippen molar-refractivity contribution in [2.45, 2.75) is 69.4 Å². The van der Waals surface area contributed by atoms with Gasteiger partial charge in [0.1, 0.15) is 5.00 Å². The van der Waals surface area contributed by atoms with E-state index in [1.165, 1.54) is 28.0 Å². The summed E-state index contributed by atoms with van der Waals surface area (Å²) in [4.78, 5) is 54.2. The molecule has 3 amide bonds. The standard InChI is InChI=1S/C26H30N2O5S2/c1-4-6-21(29)27-16-8-10-17(11-9-16)34-20-14-22(30)28(24(20)31)25-23(26(32)33-5-2)18-12-7-15(3)13-19(18)35-25/h8-11,15,20H,4-7,12-14H2,1-3H3,(H,27,29). The number of anilines is 2. The number of rotatable bonds is 8. The molecule has 1 aliphatic heterocycles. The number of nitrogens with one attached hydrogen (secondary N) is 1. The zero-order valence-electron chi connectivity index (χ0n) is 20.2. The van der Waals surface area contributed by atoms with Gasteiger partial charge in [0, 0.05) is 28.3 Å². The number of imide groups is 1. The molecule has 2 aliphatic rings. The van der Waals surface area contributed by atoms with Crippen molar-refractivity contribution in [3.63, 3.8) is 0 Å². The summed E-state index contributed by atoms with van der Waals surface area (Å²) < 4.78 is 5.31. The summed E-state index contributed by atoms with van der Waals surface area (Å²) in [6.45, 7) is 6.10. The van der Waals surface area contributed by atoms with E-state index in [0.29, 0.717) is 28.6 Å². The summed E-state index contributed by atoms with van der Waals surface area (Å²) in [6, 6.07) is 7.26. The van der Waals surface area contributed by atoms with Crippen LogP contribution in [-0.2, 0) is 32.0 Å². The van der Waals surface area contributed by atoms with Crippen LogP contribution >= 0.6 is 23.1 Å². The number of thiophene rings is 1. The molecule has 2 heterocycles. The van der Waals surface area contributed by atoms with Crippen LogP contribution in [0.15, 0.2) is 29.2 Å². The molecule has 4 rings (SSSR count). The maximum Gasteiger partial charge on any atom is 0.341 e. The number of esters is 1. The number of fused-ring (bicyclic) bond motifs is 1. The van der Waals surface area contributed by atoms with E-state index in [4.69, 9.17) is 4.74 Å². The van der Waals surface area contributed by atoms with E-state index in [-0.39, 0.29) is 30.7 Å². The Morgan fingerprint density at radius 2 is 1.91 bits per heavy atom. The van der Waals surface area contributed by atoms with E-state index in [1.807, 2.05) is 19.1 Å². The highest BCUT2D eigenvalue weighted by molar-refractivity contribution is 8.00. The van der Waals surface area contributed by atoms with E-state index in [0.717, 1.165) is 41.0 Å². The number of benzene rings is 1. The Labute approximate surface area is 213 Å². The van der Waals surface area contributed by atoms with Crippen molar-refractivity contribution in [1.29, 1.82) is 0 Å². The van der Waals surface area contributed by atoms with Crippen LogP contribution in [0.1, 0.15) is 67.3 Å². The predicted octanol–water partition coefficient (Wildman–Crippen LogP) is 5.21. The van der Waals surface area contributed by atoms with Gasteiger partial charge in [0.15, 0.2) is 0 Å². The molecule has 2 unspecified atom stereocenters. The second-order valence-electron chi connectivity index (χ2n) is 8.95. The fourth-order valence-electron chi connectivity index (χ4n) is 4.45. The molecule has 0 radical (unpaired) electrons. The molecule has 1 aliphatic carbocycles. The quantitative estimate of drug-likeness (QED) is 0.384. The van der Waals surface area contributed by atoms with Gasteiger partial charge >= 0.3 is 5.97 Å². The molecule has 2 aromatic rings. The molecule has 9 heteroatoms. The van der Waals surface area contributed by atoms with Gasteiger partial charge in [-0.1, -0.05) is 13.8 Å². The van der Waals surface area contributed by atoms with Gasteiger partial charge in [-0.25, -0.2) is 9.69 Å². The molecule has 186 valence electrons. The SMILES string of the molecule is CCCC(=O)Nc1ccc(SC2CC(=O)N(c3sc4c(c3C(=O)OCC)CCC(C)C4)C2=O)cc1. The van der Waals surface area contributed by atoms with Crippen molar-refractivity contribution in [3.8, 4) is 0 Å². The van der Waals surface area contributed by atoms with Crippen LogP contribution in [0, 0.1) is 5.92 Å². The number of carbonyl (C=O) groups is 4. The first-order chi connectivity index (χ1) is 16.8. The second kappa shape index (κ2) is 11.0. The predicted molar refractivity (Wildman–Crippen MR) is 138 cm³/mol. The molecule has 1 aromatic heterocycles. The highest BCUT2D eigenvalue weighted by Gasteiger charge is 2.44. The van der Waals surface area contributed by atoms with Crippen LogP contribution in [0.25, 0.3) is 0 Å². The number of thioether (sulfide) groups is 1. The molecule has 0 saturated carbocycles. The molecular weight excluding hydrogens is 484 g/mol. The van der Waals surface area contributed by atoms with Gasteiger partial charge in [0.25, 0.3) is 0 Å². The highest BCUT2D eigenvalue weighted by Crippen LogP contribution is 2.45. The smallest absolute Gasteiger partial charge is 0.341 e. The number of carbonyl (C=O) groups excluding carboxylic acids is 4. The minimum atomic E-state index is -0.573. The van der Waals surface area contributed by atoms with Crippen molar-refractivity contribution in [2.24, 2.45) is 5.92 Å². The first kappa shape index (κ1) is 25.4. The average molecular weight is 515 g/mol. The second-order valence-corrected chi connectivity index (χ2v) is 11.3. The Bertz CT molecular complexity index is 1140. The molecule has 0 spiro atoms. The molecule has 1 aromatic carbocycles. The van der Waals surface area contributed by atoms with Crippen LogP contribution in [-0.4, -0.2) is 35.5 Å². The van der Waals surface area contributed by atoms with E-state index in [1.54, 1.807) is 19.1 Å². The van der Waals surface area contributed by atoms with Gasteiger partial charge in [0.2, 0.25) is 17.7 Å². The lowest BCUT2D eigenvalue weighted by Crippen LogP contribution is -2.32. The topological polar surface area (TPSA) is 92.8 Å². The van der Waals surface area contributed by atoms with E-state index in [9.17, 15) is 19.2 Å². The van der Waals surface area contributed by atoms with Crippen LogP contribution in [0.2, 0.25) is 0 Å². The lowest BCUT2D eigenvalue weighted by molar-refractivity contribution is -0.121. The maximum atomic E-state index is 13.4. The average Bonchev–Trinajstić information content (AvgIpc) is 3.31. The van der Waals surface area contributed by atoms with Gasteiger partial charge in [-0.05, 0) is 68.4 Å². The molecule has 7 nitrogen and oxygen atoms in total. The third-order valence-electron chi connectivity index (χ3n) is 6.17. The summed E-state index contributed by atoms with van der Waals surface area (Å²) in [5, 5.41) is 2.68. The van der Waals surface area contributed by atoms with Crippen molar-refractivity contribution in [2.75, 3.05) is 16.8 Å². The van der Waals surface area contributed by atoms with E-state index < -0.39 is 11.2 Å². The fraction of sp³-hybridized carbons (Fsp3) is 0.462. The first-order valence-electron chi connectivity index (χ1n) is 12.1. The van der Waals surface area contributed by atoms with Gasteiger partial charge in [0.05, 0.1) is 17.4 Å². The van der Waals surface area contributed by atoms with Gasteiger partial charge < -0.3 is 10.1 Å². The van der Waals surface area contributed by atoms with Crippen molar-refractivity contribution < 1.29 is 23.9 Å². The summed E-state index contributed by atoms with van der Waals surface area (Å²) in [5.41, 5.74) is 2.01. The Morgan fingerprint density at radius 1 is 1.17 bits per heavy atom. The maximum absolute atomic E-state index is 13.4. The van der Waals surface area contributed by atoms with E-state index in [2.05, 4.69) is 12.2 Å². The minimum absolute atomic E-state index is 0.0365. The van der Waals surface area contributed by atoms with Gasteiger partial charge in [-0.3, -0.25) is 14.4 Å². The van der Waals surface area contributed by atoms with Crippen molar-refractivity contribution in [3.05, 3.63) is 40.3 Å². The molecular formula is C26H30N2O5S2. The Balaban J connectivity index is 1.54.